The van der Waals surface area contributed by atoms with Crippen LogP contribution in [0.25, 0.3) is 0 Å². The normalized spacial score (nSPS) is 23.6. The van der Waals surface area contributed by atoms with Crippen LogP contribution in [-0.4, -0.2) is 35.1 Å². The highest BCUT2D eigenvalue weighted by Gasteiger charge is 2.32. The Labute approximate surface area is 113 Å². The van der Waals surface area contributed by atoms with Gasteiger partial charge in [0.2, 0.25) is 0 Å². The number of nitrogens with zero attached hydrogens (tertiary/aromatic N) is 2. The van der Waals surface area contributed by atoms with Crippen LogP contribution in [0.15, 0.2) is 10.6 Å². The number of nitrogens with two attached hydrogens (primary N) is 1. The van der Waals surface area contributed by atoms with Crippen molar-refractivity contribution in [3.8, 4) is 0 Å². The molecular formula is C12H20ClN3O2. The average Bonchev–Trinajstić information content (AvgIpc) is 2.74. The van der Waals surface area contributed by atoms with Crippen molar-refractivity contribution in [2.45, 2.75) is 32.7 Å². The van der Waals surface area contributed by atoms with Gasteiger partial charge in [-0.15, -0.1) is 12.4 Å². The highest BCUT2D eigenvalue weighted by Crippen LogP contribution is 2.24. The van der Waals surface area contributed by atoms with Crippen LogP contribution in [0.4, 0.5) is 0 Å². The van der Waals surface area contributed by atoms with Gasteiger partial charge in [0, 0.05) is 25.2 Å². The van der Waals surface area contributed by atoms with Crippen molar-refractivity contribution in [1.82, 2.24) is 10.1 Å². The van der Waals surface area contributed by atoms with E-state index < -0.39 is 0 Å². The summed E-state index contributed by atoms with van der Waals surface area (Å²) in [5, 5.41) is 3.78. The molecule has 0 bridgehead atoms. The van der Waals surface area contributed by atoms with Crippen molar-refractivity contribution in [2.24, 2.45) is 11.7 Å². The zero-order chi connectivity index (χ0) is 12.4. The predicted octanol–water partition coefficient (Wildman–Crippen LogP) is 1.60. The Balaban J connectivity index is 0.00000162. The van der Waals surface area contributed by atoms with Crippen molar-refractivity contribution in [3.05, 3.63) is 17.5 Å². The molecule has 2 unspecified atom stereocenters. The molecule has 0 aromatic carbocycles. The van der Waals surface area contributed by atoms with Crippen molar-refractivity contribution in [3.63, 3.8) is 0 Å². The second-order valence-electron chi connectivity index (χ2n) is 4.74. The van der Waals surface area contributed by atoms with E-state index in [9.17, 15) is 4.79 Å². The molecule has 6 heteroatoms. The van der Waals surface area contributed by atoms with E-state index in [1.807, 2.05) is 4.90 Å². The second-order valence-corrected chi connectivity index (χ2v) is 4.74. The third kappa shape index (κ3) is 2.84. The number of aryl methyl sites for hydroxylation is 1. The first-order chi connectivity index (χ1) is 8.13. The van der Waals surface area contributed by atoms with Crippen LogP contribution < -0.4 is 5.73 Å². The molecule has 2 atom stereocenters. The molecule has 102 valence electrons. The lowest BCUT2D eigenvalue weighted by atomic mass is 9.90. The molecule has 5 nitrogen and oxygen atoms in total. The number of likely N-dealkylation sites (tertiary alicyclic amines) is 1. The molecule has 2 heterocycles. The molecule has 2 N–H and O–H groups in total. The lowest BCUT2D eigenvalue weighted by molar-refractivity contribution is 0.0522. The lowest BCUT2D eigenvalue weighted by Crippen LogP contribution is -2.51. The van der Waals surface area contributed by atoms with E-state index in [-0.39, 0.29) is 24.4 Å². The third-order valence-corrected chi connectivity index (χ3v) is 3.47. The number of hydrogen-bond acceptors (Lipinski definition) is 4. The Morgan fingerprint density at radius 2 is 2.39 bits per heavy atom. The van der Waals surface area contributed by atoms with Gasteiger partial charge in [-0.2, -0.15) is 0 Å². The fourth-order valence-electron chi connectivity index (χ4n) is 2.48. The Bertz CT molecular complexity index is 408. The van der Waals surface area contributed by atoms with Gasteiger partial charge in [0.05, 0.1) is 0 Å². The first-order valence-corrected chi connectivity index (χ1v) is 6.08. The molecule has 1 aliphatic heterocycles. The summed E-state index contributed by atoms with van der Waals surface area (Å²) in [6, 6.07) is 1.79. The van der Waals surface area contributed by atoms with Gasteiger partial charge < -0.3 is 15.2 Å². The number of halogens is 1. The number of piperidine rings is 1. The van der Waals surface area contributed by atoms with E-state index in [1.54, 1.807) is 13.0 Å². The molecule has 1 amide bonds. The van der Waals surface area contributed by atoms with Gasteiger partial charge in [-0.05, 0) is 25.7 Å². The molecular weight excluding hydrogens is 254 g/mol. The predicted molar refractivity (Wildman–Crippen MR) is 70.8 cm³/mol. The monoisotopic (exact) mass is 273 g/mol. The van der Waals surface area contributed by atoms with E-state index >= 15 is 0 Å². The van der Waals surface area contributed by atoms with Gasteiger partial charge in [0.15, 0.2) is 5.69 Å². The molecule has 1 aliphatic rings. The number of hydrogen-bond donors (Lipinski definition) is 1. The van der Waals surface area contributed by atoms with Crippen LogP contribution >= 0.6 is 12.4 Å². The van der Waals surface area contributed by atoms with Crippen LogP contribution in [0.3, 0.4) is 0 Å². The quantitative estimate of drug-likeness (QED) is 0.888. The van der Waals surface area contributed by atoms with Crippen LogP contribution in [-0.2, 0) is 0 Å². The second kappa shape index (κ2) is 6.20. The van der Waals surface area contributed by atoms with E-state index in [1.165, 1.54) is 0 Å². The highest BCUT2D eigenvalue weighted by atomic mass is 35.5. The minimum absolute atomic E-state index is 0. The number of carbonyl (C=O) groups is 1. The van der Waals surface area contributed by atoms with Gasteiger partial charge in [-0.3, -0.25) is 4.79 Å². The standard InChI is InChI=1S/C12H19N3O2.ClH/c1-8-4-3-5-15(11(8)7-13)12(16)10-6-9(2)17-14-10;/h6,8,11H,3-5,7,13H2,1-2H3;1H. The van der Waals surface area contributed by atoms with E-state index in [0.29, 0.717) is 23.9 Å². The number of aromatic nitrogens is 1. The first-order valence-electron chi connectivity index (χ1n) is 6.08. The lowest BCUT2D eigenvalue weighted by Gasteiger charge is -2.39. The number of carbonyl (C=O) groups excluding carboxylic acids is 1. The summed E-state index contributed by atoms with van der Waals surface area (Å²) < 4.78 is 4.94. The van der Waals surface area contributed by atoms with Gasteiger partial charge in [0.25, 0.3) is 5.91 Å². The number of rotatable bonds is 2. The molecule has 1 aromatic heterocycles. The zero-order valence-corrected chi connectivity index (χ0v) is 11.6. The molecule has 2 rings (SSSR count). The Hall–Kier alpha value is -1.07. The van der Waals surface area contributed by atoms with E-state index in [0.717, 1.165) is 19.4 Å². The van der Waals surface area contributed by atoms with Crippen molar-refractivity contribution in [2.75, 3.05) is 13.1 Å². The third-order valence-electron chi connectivity index (χ3n) is 3.47. The van der Waals surface area contributed by atoms with Crippen LogP contribution in [0.5, 0.6) is 0 Å². The van der Waals surface area contributed by atoms with Crippen molar-refractivity contribution < 1.29 is 9.32 Å². The number of amides is 1. The summed E-state index contributed by atoms with van der Waals surface area (Å²) >= 11 is 0. The Morgan fingerprint density at radius 3 is 2.94 bits per heavy atom. The summed E-state index contributed by atoms with van der Waals surface area (Å²) in [7, 11) is 0. The van der Waals surface area contributed by atoms with Gasteiger partial charge in [-0.1, -0.05) is 12.1 Å². The van der Waals surface area contributed by atoms with Crippen LogP contribution in [0.1, 0.15) is 36.0 Å². The summed E-state index contributed by atoms with van der Waals surface area (Å²) in [4.78, 5) is 14.1. The maximum absolute atomic E-state index is 12.3. The molecule has 0 spiro atoms. The Kier molecular flexibility index (Phi) is 5.16. The molecule has 18 heavy (non-hydrogen) atoms. The minimum atomic E-state index is -0.0659. The smallest absolute Gasteiger partial charge is 0.276 e. The Morgan fingerprint density at radius 1 is 1.67 bits per heavy atom. The topological polar surface area (TPSA) is 72.4 Å². The molecule has 1 fully saturated rings. The van der Waals surface area contributed by atoms with Crippen LogP contribution in [0.2, 0.25) is 0 Å². The SMILES string of the molecule is Cc1cc(C(=O)N2CCCC(C)C2CN)no1.Cl. The van der Waals surface area contributed by atoms with E-state index in [4.69, 9.17) is 10.3 Å². The summed E-state index contributed by atoms with van der Waals surface area (Å²) in [5.74, 6) is 1.04. The molecule has 1 aromatic rings. The maximum atomic E-state index is 12.3. The fraction of sp³-hybridized carbons (Fsp3) is 0.667. The van der Waals surface area contributed by atoms with Crippen molar-refractivity contribution >= 4 is 18.3 Å². The largest absolute Gasteiger partial charge is 0.361 e. The summed E-state index contributed by atoms with van der Waals surface area (Å²) in [5.41, 5.74) is 6.15. The van der Waals surface area contributed by atoms with Crippen molar-refractivity contribution in [1.29, 1.82) is 0 Å². The summed E-state index contributed by atoms with van der Waals surface area (Å²) in [6.07, 6.45) is 2.16. The van der Waals surface area contributed by atoms with Gasteiger partial charge in [-0.25, -0.2) is 0 Å². The minimum Gasteiger partial charge on any atom is -0.361 e. The van der Waals surface area contributed by atoms with Crippen LogP contribution in [0, 0.1) is 12.8 Å². The zero-order valence-electron chi connectivity index (χ0n) is 10.8. The van der Waals surface area contributed by atoms with Gasteiger partial charge in [0.1, 0.15) is 5.76 Å². The average molecular weight is 274 g/mol. The molecule has 0 saturated carbocycles. The fourth-order valence-corrected chi connectivity index (χ4v) is 2.48. The molecule has 0 aliphatic carbocycles. The molecule has 1 saturated heterocycles. The summed E-state index contributed by atoms with van der Waals surface area (Å²) in [6.45, 7) is 5.19. The first kappa shape index (κ1) is 15.0. The van der Waals surface area contributed by atoms with E-state index in [2.05, 4.69) is 12.1 Å². The molecule has 0 radical (unpaired) electrons. The maximum Gasteiger partial charge on any atom is 0.276 e. The van der Waals surface area contributed by atoms with Gasteiger partial charge >= 0.3 is 0 Å². The highest BCUT2D eigenvalue weighted by molar-refractivity contribution is 5.92.